The first-order valence-electron chi connectivity index (χ1n) is 6.49. The molecule has 2 rings (SSSR count). The SMILES string of the molecule is N[C@H](C(=O)NCCc1cccc(F)c1)c1ccccc1. The fourth-order valence-corrected chi connectivity index (χ4v) is 1.94. The Balaban J connectivity index is 1.83. The van der Waals surface area contributed by atoms with Crippen LogP contribution in [0, 0.1) is 5.82 Å². The fraction of sp³-hybridized carbons (Fsp3) is 0.188. The number of hydrogen-bond acceptors (Lipinski definition) is 2. The lowest BCUT2D eigenvalue weighted by Crippen LogP contribution is -2.35. The number of nitrogens with two attached hydrogens (primary N) is 1. The molecule has 0 radical (unpaired) electrons. The molecule has 0 aliphatic rings. The van der Waals surface area contributed by atoms with Gasteiger partial charge in [0, 0.05) is 6.54 Å². The predicted octanol–water partition coefficient (Wildman–Crippen LogP) is 2.18. The molecule has 0 bridgehead atoms. The van der Waals surface area contributed by atoms with Crippen molar-refractivity contribution in [2.45, 2.75) is 12.5 Å². The van der Waals surface area contributed by atoms with Gasteiger partial charge >= 0.3 is 0 Å². The van der Waals surface area contributed by atoms with Gasteiger partial charge in [-0.15, -0.1) is 0 Å². The van der Waals surface area contributed by atoms with E-state index in [4.69, 9.17) is 5.73 Å². The molecule has 0 unspecified atom stereocenters. The maximum Gasteiger partial charge on any atom is 0.241 e. The van der Waals surface area contributed by atoms with Crippen LogP contribution in [0.2, 0.25) is 0 Å². The Labute approximate surface area is 117 Å². The largest absolute Gasteiger partial charge is 0.354 e. The van der Waals surface area contributed by atoms with E-state index in [2.05, 4.69) is 5.32 Å². The summed E-state index contributed by atoms with van der Waals surface area (Å²) < 4.78 is 13.0. The minimum absolute atomic E-state index is 0.229. The number of hydrogen-bond donors (Lipinski definition) is 2. The van der Waals surface area contributed by atoms with E-state index in [0.29, 0.717) is 13.0 Å². The second-order valence-electron chi connectivity index (χ2n) is 4.56. The van der Waals surface area contributed by atoms with Crippen LogP contribution in [0.4, 0.5) is 4.39 Å². The number of rotatable bonds is 5. The van der Waals surface area contributed by atoms with E-state index in [1.807, 2.05) is 36.4 Å². The van der Waals surface area contributed by atoms with Gasteiger partial charge in [-0.25, -0.2) is 4.39 Å². The second-order valence-corrected chi connectivity index (χ2v) is 4.56. The van der Waals surface area contributed by atoms with Crippen molar-refractivity contribution >= 4 is 5.91 Å². The van der Waals surface area contributed by atoms with Gasteiger partial charge in [0.1, 0.15) is 11.9 Å². The van der Waals surface area contributed by atoms with Crippen molar-refractivity contribution in [1.82, 2.24) is 5.32 Å². The summed E-state index contributed by atoms with van der Waals surface area (Å²) in [6, 6.07) is 14.9. The molecule has 0 aromatic heterocycles. The summed E-state index contributed by atoms with van der Waals surface area (Å²) in [5, 5.41) is 2.76. The lowest BCUT2D eigenvalue weighted by molar-refractivity contribution is -0.122. The molecular weight excluding hydrogens is 255 g/mol. The lowest BCUT2D eigenvalue weighted by atomic mass is 10.1. The molecule has 0 aliphatic heterocycles. The molecular formula is C16H17FN2O. The molecule has 20 heavy (non-hydrogen) atoms. The van der Waals surface area contributed by atoms with Crippen LogP contribution in [0.25, 0.3) is 0 Å². The van der Waals surface area contributed by atoms with E-state index in [1.165, 1.54) is 12.1 Å². The third kappa shape index (κ3) is 3.90. The molecule has 0 fully saturated rings. The van der Waals surface area contributed by atoms with Crippen LogP contribution in [0.15, 0.2) is 54.6 Å². The summed E-state index contributed by atoms with van der Waals surface area (Å²) in [7, 11) is 0. The number of carbonyl (C=O) groups excluding carboxylic acids is 1. The normalized spacial score (nSPS) is 11.9. The van der Waals surface area contributed by atoms with E-state index in [9.17, 15) is 9.18 Å². The van der Waals surface area contributed by atoms with Crippen LogP contribution < -0.4 is 11.1 Å². The van der Waals surface area contributed by atoms with Gasteiger partial charge in [-0.05, 0) is 29.7 Å². The van der Waals surface area contributed by atoms with E-state index >= 15 is 0 Å². The summed E-state index contributed by atoms with van der Waals surface area (Å²) in [4.78, 5) is 11.9. The molecule has 1 atom stereocenters. The van der Waals surface area contributed by atoms with Crippen molar-refractivity contribution in [1.29, 1.82) is 0 Å². The van der Waals surface area contributed by atoms with Gasteiger partial charge < -0.3 is 11.1 Å². The zero-order valence-electron chi connectivity index (χ0n) is 11.1. The van der Waals surface area contributed by atoms with Crippen LogP contribution >= 0.6 is 0 Å². The van der Waals surface area contributed by atoms with Crippen LogP contribution in [-0.2, 0) is 11.2 Å². The van der Waals surface area contributed by atoms with Gasteiger partial charge in [0.15, 0.2) is 0 Å². The van der Waals surface area contributed by atoms with Crippen molar-refractivity contribution in [3.63, 3.8) is 0 Å². The monoisotopic (exact) mass is 272 g/mol. The third-order valence-corrected chi connectivity index (χ3v) is 3.04. The molecule has 0 spiro atoms. The van der Waals surface area contributed by atoms with Crippen molar-refractivity contribution in [3.8, 4) is 0 Å². The van der Waals surface area contributed by atoms with Crippen molar-refractivity contribution < 1.29 is 9.18 Å². The number of carbonyl (C=O) groups is 1. The molecule has 0 aliphatic carbocycles. The predicted molar refractivity (Wildman–Crippen MR) is 76.5 cm³/mol. The molecule has 0 saturated carbocycles. The summed E-state index contributed by atoms with van der Waals surface area (Å²) in [6.07, 6.45) is 0.574. The van der Waals surface area contributed by atoms with Crippen molar-refractivity contribution in [3.05, 3.63) is 71.5 Å². The zero-order chi connectivity index (χ0) is 14.4. The Hall–Kier alpha value is -2.20. The van der Waals surface area contributed by atoms with Gasteiger partial charge in [0.25, 0.3) is 0 Å². The van der Waals surface area contributed by atoms with Gasteiger partial charge in [0.05, 0.1) is 0 Å². The van der Waals surface area contributed by atoms with E-state index in [1.54, 1.807) is 6.07 Å². The minimum atomic E-state index is -0.677. The highest BCUT2D eigenvalue weighted by Gasteiger charge is 2.14. The number of nitrogens with one attached hydrogen (secondary N) is 1. The zero-order valence-corrected chi connectivity index (χ0v) is 11.1. The Morgan fingerprint density at radius 1 is 1.15 bits per heavy atom. The number of amides is 1. The molecule has 0 heterocycles. The number of benzene rings is 2. The summed E-state index contributed by atoms with van der Waals surface area (Å²) in [6.45, 7) is 0.433. The Morgan fingerprint density at radius 2 is 1.90 bits per heavy atom. The second kappa shape index (κ2) is 6.82. The molecule has 1 amide bonds. The van der Waals surface area contributed by atoms with Crippen LogP contribution in [0.3, 0.4) is 0 Å². The molecule has 4 heteroatoms. The molecule has 2 aromatic rings. The smallest absolute Gasteiger partial charge is 0.241 e. The fourth-order valence-electron chi connectivity index (χ4n) is 1.94. The Bertz CT molecular complexity index is 572. The quantitative estimate of drug-likeness (QED) is 0.876. The average molecular weight is 272 g/mol. The molecule has 3 nitrogen and oxygen atoms in total. The highest BCUT2D eigenvalue weighted by molar-refractivity contribution is 5.82. The first-order valence-corrected chi connectivity index (χ1v) is 6.49. The minimum Gasteiger partial charge on any atom is -0.354 e. The van der Waals surface area contributed by atoms with Crippen LogP contribution in [0.5, 0.6) is 0 Å². The molecule has 0 saturated heterocycles. The van der Waals surface area contributed by atoms with Gasteiger partial charge in [-0.3, -0.25) is 4.79 Å². The highest BCUT2D eigenvalue weighted by Crippen LogP contribution is 2.09. The highest BCUT2D eigenvalue weighted by atomic mass is 19.1. The first kappa shape index (κ1) is 14.2. The van der Waals surface area contributed by atoms with Gasteiger partial charge in [-0.2, -0.15) is 0 Å². The van der Waals surface area contributed by atoms with Gasteiger partial charge in [0.2, 0.25) is 5.91 Å². The van der Waals surface area contributed by atoms with E-state index in [-0.39, 0.29) is 11.7 Å². The molecule has 3 N–H and O–H groups in total. The number of halogens is 1. The van der Waals surface area contributed by atoms with Gasteiger partial charge in [-0.1, -0.05) is 42.5 Å². The first-order chi connectivity index (χ1) is 9.66. The summed E-state index contributed by atoms with van der Waals surface area (Å²) in [5.41, 5.74) is 7.49. The van der Waals surface area contributed by atoms with Crippen LogP contribution in [-0.4, -0.2) is 12.5 Å². The van der Waals surface area contributed by atoms with Crippen molar-refractivity contribution in [2.75, 3.05) is 6.54 Å². The Morgan fingerprint density at radius 3 is 2.60 bits per heavy atom. The van der Waals surface area contributed by atoms with Crippen molar-refractivity contribution in [2.24, 2.45) is 5.73 Å². The van der Waals surface area contributed by atoms with E-state index < -0.39 is 6.04 Å². The van der Waals surface area contributed by atoms with E-state index in [0.717, 1.165) is 11.1 Å². The topological polar surface area (TPSA) is 55.1 Å². The summed E-state index contributed by atoms with van der Waals surface area (Å²) >= 11 is 0. The summed E-state index contributed by atoms with van der Waals surface area (Å²) in [5.74, 6) is -0.498. The molecule has 104 valence electrons. The standard InChI is InChI=1S/C16H17FN2O/c17-14-8-4-5-12(11-14)9-10-19-16(20)15(18)13-6-2-1-3-7-13/h1-8,11,15H,9-10,18H2,(H,19,20)/t15-/m0/s1. The maximum atomic E-state index is 13.0. The maximum absolute atomic E-state index is 13.0. The van der Waals surface area contributed by atoms with Crippen LogP contribution in [0.1, 0.15) is 17.2 Å². The third-order valence-electron chi connectivity index (χ3n) is 3.04. The molecule has 2 aromatic carbocycles. The average Bonchev–Trinajstić information content (AvgIpc) is 2.47. The Kier molecular flexibility index (Phi) is 4.85. The lowest BCUT2D eigenvalue weighted by Gasteiger charge is -2.12.